The van der Waals surface area contributed by atoms with E-state index in [-0.39, 0.29) is 5.91 Å². The fourth-order valence-electron chi connectivity index (χ4n) is 2.73. The van der Waals surface area contributed by atoms with Gasteiger partial charge in [0.25, 0.3) is 5.91 Å². The lowest BCUT2D eigenvalue weighted by Crippen LogP contribution is -2.48. The molecule has 0 bridgehead atoms. The Morgan fingerprint density at radius 3 is 2.60 bits per heavy atom. The van der Waals surface area contributed by atoms with E-state index < -0.39 is 17.7 Å². The van der Waals surface area contributed by atoms with Gasteiger partial charge in [-0.1, -0.05) is 30.3 Å². The molecule has 0 aliphatic heterocycles. The molecule has 1 atom stereocenters. The van der Waals surface area contributed by atoms with E-state index in [1.807, 2.05) is 18.2 Å². The van der Waals surface area contributed by atoms with Crippen molar-refractivity contribution in [2.24, 2.45) is 0 Å². The molecule has 0 radical (unpaired) electrons. The largest absolute Gasteiger partial charge is 0.444 e. The number of carbonyl (C=O) groups excluding carboxylic acids is 2. The zero-order valence-corrected chi connectivity index (χ0v) is 15.5. The van der Waals surface area contributed by atoms with E-state index >= 15 is 0 Å². The molecule has 0 heterocycles. The van der Waals surface area contributed by atoms with E-state index in [0.717, 1.165) is 22.6 Å². The Bertz CT molecular complexity index is 676. The number of benzene rings is 1. The average molecular weight is 346 g/mol. The summed E-state index contributed by atoms with van der Waals surface area (Å²) in [6, 6.07) is 7.30. The van der Waals surface area contributed by atoms with Gasteiger partial charge >= 0.3 is 6.09 Å². The van der Waals surface area contributed by atoms with Crippen molar-refractivity contribution >= 4 is 17.6 Å². The number of allylic oxidation sites excluding steroid dienone is 1. The van der Waals surface area contributed by atoms with Gasteiger partial charge in [0.2, 0.25) is 0 Å². The van der Waals surface area contributed by atoms with Crippen LogP contribution < -0.4 is 5.32 Å². The predicted molar refractivity (Wildman–Crippen MR) is 95.7 cm³/mol. The number of likely N-dealkylation sites (N-methyl/N-ethyl adjacent to an activating group) is 1. The van der Waals surface area contributed by atoms with Gasteiger partial charge in [-0.2, -0.15) is 0 Å². The standard InChI is InChI=1S/C19H26N2O4/c1-19(2,3)25-18(23)20-16(17(22)21(4)24-5)12-14-11-10-13-8-6-7-9-15(13)14/h6-9,11,16H,10,12H2,1-5H3,(H,20,23)/t16-/m1/s1. The van der Waals surface area contributed by atoms with Gasteiger partial charge in [0.05, 0.1) is 7.11 Å². The molecule has 0 saturated heterocycles. The second kappa shape index (κ2) is 7.70. The van der Waals surface area contributed by atoms with Gasteiger partial charge in [0, 0.05) is 13.5 Å². The molecule has 1 aliphatic rings. The van der Waals surface area contributed by atoms with E-state index in [1.54, 1.807) is 20.8 Å². The molecule has 6 nitrogen and oxygen atoms in total. The summed E-state index contributed by atoms with van der Waals surface area (Å²) in [5.41, 5.74) is 2.74. The molecule has 1 aromatic rings. The highest BCUT2D eigenvalue weighted by Crippen LogP contribution is 2.30. The van der Waals surface area contributed by atoms with Crippen LogP contribution >= 0.6 is 0 Å². The van der Waals surface area contributed by atoms with Crippen molar-refractivity contribution in [1.82, 2.24) is 10.4 Å². The minimum Gasteiger partial charge on any atom is -0.444 e. The number of ether oxygens (including phenoxy) is 1. The van der Waals surface area contributed by atoms with E-state index in [1.165, 1.54) is 19.7 Å². The topological polar surface area (TPSA) is 67.9 Å². The maximum Gasteiger partial charge on any atom is 0.408 e. The molecule has 2 amide bonds. The summed E-state index contributed by atoms with van der Waals surface area (Å²) in [5, 5.41) is 3.79. The quantitative estimate of drug-likeness (QED) is 0.833. The van der Waals surface area contributed by atoms with Crippen LogP contribution in [-0.2, 0) is 20.8 Å². The molecular weight excluding hydrogens is 320 g/mol. The summed E-state index contributed by atoms with van der Waals surface area (Å²) >= 11 is 0. The number of nitrogens with zero attached hydrogens (tertiary/aromatic N) is 1. The van der Waals surface area contributed by atoms with Crippen LogP contribution in [-0.4, -0.2) is 42.9 Å². The lowest BCUT2D eigenvalue weighted by atomic mass is 9.99. The van der Waals surface area contributed by atoms with Gasteiger partial charge in [-0.3, -0.25) is 9.63 Å². The fraction of sp³-hybridized carbons (Fsp3) is 0.474. The van der Waals surface area contributed by atoms with E-state index in [4.69, 9.17) is 9.57 Å². The van der Waals surface area contributed by atoms with Crippen LogP contribution in [0.15, 0.2) is 30.3 Å². The van der Waals surface area contributed by atoms with Crippen molar-refractivity contribution < 1.29 is 19.2 Å². The average Bonchev–Trinajstić information content (AvgIpc) is 2.94. The summed E-state index contributed by atoms with van der Waals surface area (Å²) in [7, 11) is 2.93. The molecular formula is C19H26N2O4. The summed E-state index contributed by atoms with van der Waals surface area (Å²) in [6.07, 6.45) is 2.68. The lowest BCUT2D eigenvalue weighted by molar-refractivity contribution is -0.170. The first-order valence-corrected chi connectivity index (χ1v) is 8.30. The second-order valence-corrected chi connectivity index (χ2v) is 7.01. The lowest BCUT2D eigenvalue weighted by Gasteiger charge is -2.26. The van der Waals surface area contributed by atoms with Crippen LogP contribution in [0.5, 0.6) is 0 Å². The van der Waals surface area contributed by atoms with Gasteiger partial charge in [-0.25, -0.2) is 9.86 Å². The van der Waals surface area contributed by atoms with Crippen LogP contribution in [0.2, 0.25) is 0 Å². The highest BCUT2D eigenvalue weighted by molar-refractivity contribution is 5.88. The molecule has 0 aromatic heterocycles. The maximum absolute atomic E-state index is 12.6. The number of carbonyl (C=O) groups is 2. The number of hydroxylamine groups is 2. The Morgan fingerprint density at radius 1 is 1.28 bits per heavy atom. The molecule has 1 aromatic carbocycles. The van der Waals surface area contributed by atoms with Gasteiger partial charge in [0.1, 0.15) is 11.6 Å². The van der Waals surface area contributed by atoms with Gasteiger partial charge in [-0.15, -0.1) is 0 Å². The zero-order valence-electron chi connectivity index (χ0n) is 15.5. The monoisotopic (exact) mass is 346 g/mol. The normalized spacial score (nSPS) is 14.4. The smallest absolute Gasteiger partial charge is 0.408 e. The molecule has 136 valence electrons. The Morgan fingerprint density at radius 2 is 1.96 bits per heavy atom. The van der Waals surface area contributed by atoms with Crippen LogP contribution in [0.25, 0.3) is 5.57 Å². The number of nitrogens with one attached hydrogen (secondary N) is 1. The van der Waals surface area contributed by atoms with E-state index in [2.05, 4.69) is 17.5 Å². The Labute approximate surface area is 148 Å². The van der Waals surface area contributed by atoms with Gasteiger partial charge in [0.15, 0.2) is 0 Å². The van der Waals surface area contributed by atoms with Crippen molar-refractivity contribution in [3.05, 3.63) is 41.5 Å². The van der Waals surface area contributed by atoms with E-state index in [9.17, 15) is 9.59 Å². The van der Waals surface area contributed by atoms with E-state index in [0.29, 0.717) is 6.42 Å². The number of amides is 2. The molecule has 6 heteroatoms. The minimum absolute atomic E-state index is 0.335. The molecule has 1 aliphatic carbocycles. The summed E-state index contributed by atoms with van der Waals surface area (Å²) in [4.78, 5) is 29.7. The minimum atomic E-state index is -0.766. The Kier molecular flexibility index (Phi) is 5.85. The molecule has 0 unspecified atom stereocenters. The first-order valence-electron chi connectivity index (χ1n) is 8.30. The predicted octanol–water partition coefficient (Wildman–Crippen LogP) is 2.93. The highest BCUT2D eigenvalue weighted by atomic mass is 16.7. The Balaban J connectivity index is 2.15. The number of alkyl carbamates (subject to hydrolysis) is 1. The number of fused-ring (bicyclic) bond motifs is 1. The molecule has 2 rings (SSSR count). The second-order valence-electron chi connectivity index (χ2n) is 7.01. The first kappa shape index (κ1) is 19.0. The molecule has 0 spiro atoms. The molecule has 1 N–H and O–H groups in total. The third-order valence-corrected chi connectivity index (χ3v) is 3.93. The van der Waals surface area contributed by atoms with Crippen molar-refractivity contribution in [3.63, 3.8) is 0 Å². The highest BCUT2D eigenvalue weighted by Gasteiger charge is 2.29. The fourth-order valence-corrected chi connectivity index (χ4v) is 2.73. The van der Waals surface area contributed by atoms with Gasteiger partial charge < -0.3 is 10.1 Å². The third-order valence-electron chi connectivity index (χ3n) is 3.93. The summed E-state index contributed by atoms with van der Waals surface area (Å²) in [6.45, 7) is 5.33. The van der Waals surface area contributed by atoms with Crippen molar-refractivity contribution in [2.45, 2.75) is 45.3 Å². The molecule has 25 heavy (non-hydrogen) atoms. The number of hydrogen-bond acceptors (Lipinski definition) is 4. The van der Waals surface area contributed by atoms with Crippen LogP contribution in [0.4, 0.5) is 4.79 Å². The van der Waals surface area contributed by atoms with Crippen LogP contribution in [0, 0.1) is 0 Å². The number of hydrogen-bond donors (Lipinski definition) is 1. The molecule has 0 saturated carbocycles. The SMILES string of the molecule is CON(C)C(=O)[C@@H](CC1=CCc2ccccc21)NC(=O)OC(C)(C)C. The van der Waals surface area contributed by atoms with Crippen molar-refractivity contribution in [1.29, 1.82) is 0 Å². The summed E-state index contributed by atoms with van der Waals surface area (Å²) < 4.78 is 5.28. The number of rotatable bonds is 5. The van der Waals surface area contributed by atoms with Crippen LogP contribution in [0.1, 0.15) is 38.3 Å². The Hall–Kier alpha value is -2.34. The van der Waals surface area contributed by atoms with Gasteiger partial charge in [-0.05, 0) is 43.9 Å². The van der Waals surface area contributed by atoms with Crippen molar-refractivity contribution in [3.8, 4) is 0 Å². The maximum atomic E-state index is 12.6. The first-order chi connectivity index (χ1) is 11.7. The van der Waals surface area contributed by atoms with Crippen LogP contribution in [0.3, 0.4) is 0 Å². The molecule has 0 fully saturated rings. The van der Waals surface area contributed by atoms with Crippen molar-refractivity contribution in [2.75, 3.05) is 14.2 Å². The zero-order chi connectivity index (χ0) is 18.6. The summed E-state index contributed by atoms with van der Waals surface area (Å²) in [5.74, 6) is -0.335. The third kappa shape index (κ3) is 5.06.